The van der Waals surface area contributed by atoms with Crippen molar-refractivity contribution in [2.45, 2.75) is 65.0 Å². The second kappa shape index (κ2) is 8.86. The van der Waals surface area contributed by atoms with Gasteiger partial charge >= 0.3 is 6.03 Å². The number of para-hydroxylation sites is 2. The van der Waals surface area contributed by atoms with Crippen molar-refractivity contribution in [2.24, 2.45) is 17.8 Å². The van der Waals surface area contributed by atoms with Gasteiger partial charge in [0.15, 0.2) is 0 Å². The second-order valence-corrected chi connectivity index (χ2v) is 9.43. The van der Waals surface area contributed by atoms with Gasteiger partial charge in [-0.1, -0.05) is 38.8 Å². The summed E-state index contributed by atoms with van der Waals surface area (Å²) in [6.07, 6.45) is 4.97. The van der Waals surface area contributed by atoms with Gasteiger partial charge in [0.25, 0.3) is 0 Å². The Bertz CT molecular complexity index is 775. The van der Waals surface area contributed by atoms with Gasteiger partial charge in [0.05, 0.1) is 12.2 Å². The molecule has 6 heteroatoms. The highest BCUT2D eigenvalue weighted by Crippen LogP contribution is 2.34. The number of hydrogen-bond acceptors (Lipinski definition) is 3. The molecule has 0 unspecified atom stereocenters. The van der Waals surface area contributed by atoms with Crippen LogP contribution in [0.1, 0.15) is 52.9 Å². The van der Waals surface area contributed by atoms with Gasteiger partial charge < -0.3 is 15.0 Å². The van der Waals surface area contributed by atoms with E-state index >= 15 is 0 Å². The number of hydrogen-bond donors (Lipinski definition) is 1. The molecule has 1 saturated carbocycles. The van der Waals surface area contributed by atoms with Crippen molar-refractivity contribution in [1.29, 1.82) is 0 Å². The maximum atomic E-state index is 13.2. The molecule has 2 aliphatic heterocycles. The van der Waals surface area contributed by atoms with Gasteiger partial charge in [-0.2, -0.15) is 0 Å². The average molecular weight is 414 g/mol. The molecule has 0 radical (unpaired) electrons. The van der Waals surface area contributed by atoms with E-state index in [1.165, 1.54) is 12.8 Å². The first-order chi connectivity index (χ1) is 14.4. The number of carbonyl (C=O) groups is 2. The standard InChI is InChI=1S/C24H35N3O3/c1-16-7-6-8-20(18(16)3)25-23(28)19-11-13-26(14-12-19)24(29)27-15-17(2)30-22-10-5-4-9-21(22)27/h4-5,9-10,16-20H,6-8,11-15H2,1-3H3,(H,25,28)/t16-,17+,18+,20+/m0/s1. The van der Waals surface area contributed by atoms with Crippen LogP contribution < -0.4 is 15.0 Å². The topological polar surface area (TPSA) is 61.9 Å². The summed E-state index contributed by atoms with van der Waals surface area (Å²) in [6.45, 7) is 8.34. The van der Waals surface area contributed by atoms with Crippen LogP contribution in [0.2, 0.25) is 0 Å². The van der Waals surface area contributed by atoms with Crippen LogP contribution in [-0.2, 0) is 4.79 Å². The molecule has 0 aromatic heterocycles. The van der Waals surface area contributed by atoms with E-state index in [0.29, 0.717) is 37.5 Å². The summed E-state index contributed by atoms with van der Waals surface area (Å²) in [5, 5.41) is 3.33. The number of likely N-dealkylation sites (tertiary alicyclic amines) is 1. The van der Waals surface area contributed by atoms with Crippen molar-refractivity contribution in [3.05, 3.63) is 24.3 Å². The maximum Gasteiger partial charge on any atom is 0.324 e. The number of amides is 3. The summed E-state index contributed by atoms with van der Waals surface area (Å²) in [6, 6.07) is 8.03. The molecule has 1 aromatic carbocycles. The molecule has 1 saturated heterocycles. The van der Waals surface area contributed by atoms with Crippen LogP contribution in [0, 0.1) is 17.8 Å². The minimum absolute atomic E-state index is 0.00869. The van der Waals surface area contributed by atoms with Gasteiger partial charge in [0.2, 0.25) is 5.91 Å². The van der Waals surface area contributed by atoms with Crippen molar-refractivity contribution >= 4 is 17.6 Å². The Kier molecular flexibility index (Phi) is 6.21. The number of benzene rings is 1. The first-order valence-corrected chi connectivity index (χ1v) is 11.6. The van der Waals surface area contributed by atoms with Crippen LogP contribution in [0.25, 0.3) is 0 Å². The highest BCUT2D eigenvalue weighted by molar-refractivity contribution is 5.94. The molecule has 3 aliphatic rings. The number of nitrogens with one attached hydrogen (secondary N) is 1. The third-order valence-corrected chi connectivity index (χ3v) is 7.33. The molecular weight excluding hydrogens is 378 g/mol. The number of nitrogens with zero attached hydrogens (tertiary/aromatic N) is 2. The second-order valence-electron chi connectivity index (χ2n) is 9.43. The molecule has 164 valence electrons. The van der Waals surface area contributed by atoms with Crippen LogP contribution in [0.4, 0.5) is 10.5 Å². The van der Waals surface area contributed by atoms with E-state index in [1.807, 2.05) is 41.0 Å². The number of fused-ring (bicyclic) bond motifs is 1. The molecule has 4 rings (SSSR count). The van der Waals surface area contributed by atoms with Crippen LogP contribution in [0.15, 0.2) is 24.3 Å². The van der Waals surface area contributed by atoms with Crippen molar-refractivity contribution in [1.82, 2.24) is 10.2 Å². The van der Waals surface area contributed by atoms with Gasteiger partial charge in [-0.15, -0.1) is 0 Å². The van der Waals surface area contributed by atoms with E-state index < -0.39 is 0 Å². The number of rotatable bonds is 2. The van der Waals surface area contributed by atoms with Crippen LogP contribution >= 0.6 is 0 Å². The van der Waals surface area contributed by atoms with Gasteiger partial charge in [-0.05, 0) is 50.2 Å². The van der Waals surface area contributed by atoms with Gasteiger partial charge in [-0.25, -0.2) is 4.79 Å². The molecule has 0 spiro atoms. The summed E-state index contributed by atoms with van der Waals surface area (Å²) in [4.78, 5) is 29.8. The minimum Gasteiger partial charge on any atom is -0.487 e. The number of carbonyl (C=O) groups excluding carboxylic acids is 2. The van der Waals surface area contributed by atoms with Crippen LogP contribution in [-0.4, -0.2) is 48.6 Å². The zero-order valence-corrected chi connectivity index (χ0v) is 18.5. The van der Waals surface area contributed by atoms with E-state index in [4.69, 9.17) is 4.74 Å². The lowest BCUT2D eigenvalue weighted by molar-refractivity contribution is -0.127. The highest BCUT2D eigenvalue weighted by atomic mass is 16.5. The Morgan fingerprint density at radius 1 is 1.03 bits per heavy atom. The normalized spacial score (nSPS) is 29.7. The lowest BCUT2D eigenvalue weighted by atomic mass is 9.78. The lowest BCUT2D eigenvalue weighted by Crippen LogP contribution is -2.53. The summed E-state index contributed by atoms with van der Waals surface area (Å²) < 4.78 is 5.87. The number of anilines is 1. The Morgan fingerprint density at radius 3 is 2.53 bits per heavy atom. The molecule has 3 amide bonds. The molecule has 1 aromatic rings. The lowest BCUT2D eigenvalue weighted by Gasteiger charge is -2.39. The van der Waals surface area contributed by atoms with E-state index in [2.05, 4.69) is 19.2 Å². The quantitative estimate of drug-likeness (QED) is 0.796. The minimum atomic E-state index is -0.0351. The van der Waals surface area contributed by atoms with Crippen molar-refractivity contribution in [3.63, 3.8) is 0 Å². The van der Waals surface area contributed by atoms with Crippen molar-refractivity contribution < 1.29 is 14.3 Å². The van der Waals surface area contributed by atoms with Crippen LogP contribution in [0.5, 0.6) is 5.75 Å². The summed E-state index contributed by atoms with van der Waals surface area (Å²) in [5.74, 6) is 2.15. The van der Waals surface area contributed by atoms with Gasteiger partial charge in [0, 0.05) is 25.0 Å². The third-order valence-electron chi connectivity index (χ3n) is 7.33. The molecule has 1 N–H and O–H groups in total. The summed E-state index contributed by atoms with van der Waals surface area (Å²) in [5.41, 5.74) is 0.834. The number of ether oxygens (including phenoxy) is 1. The maximum absolute atomic E-state index is 13.2. The predicted molar refractivity (Wildman–Crippen MR) is 118 cm³/mol. The zero-order valence-electron chi connectivity index (χ0n) is 18.5. The monoisotopic (exact) mass is 413 g/mol. The molecule has 0 bridgehead atoms. The molecular formula is C24H35N3O3. The molecule has 2 heterocycles. The fourth-order valence-electron chi connectivity index (χ4n) is 5.16. The fourth-order valence-corrected chi connectivity index (χ4v) is 5.16. The van der Waals surface area contributed by atoms with E-state index in [9.17, 15) is 9.59 Å². The Morgan fingerprint density at radius 2 is 1.77 bits per heavy atom. The largest absolute Gasteiger partial charge is 0.487 e. The first-order valence-electron chi connectivity index (χ1n) is 11.6. The highest BCUT2D eigenvalue weighted by Gasteiger charge is 2.35. The number of piperidine rings is 1. The third kappa shape index (κ3) is 4.28. The average Bonchev–Trinajstić information content (AvgIpc) is 2.76. The number of urea groups is 1. The Balaban J connectivity index is 1.33. The molecule has 4 atom stereocenters. The SMILES string of the molecule is C[C@@H]1[C@@H](C)CCC[C@H]1NC(=O)C1CCN(C(=O)N2C[C@@H](C)Oc3ccccc32)CC1. The Hall–Kier alpha value is -2.24. The van der Waals surface area contributed by atoms with Gasteiger partial charge in [-0.3, -0.25) is 9.69 Å². The summed E-state index contributed by atoms with van der Waals surface area (Å²) >= 11 is 0. The van der Waals surface area contributed by atoms with E-state index in [1.54, 1.807) is 0 Å². The zero-order chi connectivity index (χ0) is 21.3. The van der Waals surface area contributed by atoms with Crippen molar-refractivity contribution in [2.75, 3.05) is 24.5 Å². The van der Waals surface area contributed by atoms with Gasteiger partial charge in [0.1, 0.15) is 11.9 Å². The van der Waals surface area contributed by atoms with E-state index in [0.717, 1.165) is 30.7 Å². The Labute approximate surface area is 179 Å². The fraction of sp³-hybridized carbons (Fsp3) is 0.667. The van der Waals surface area contributed by atoms with E-state index in [-0.39, 0.29) is 24.0 Å². The first kappa shape index (κ1) is 21.0. The molecule has 1 aliphatic carbocycles. The van der Waals surface area contributed by atoms with Crippen LogP contribution in [0.3, 0.4) is 0 Å². The molecule has 30 heavy (non-hydrogen) atoms. The predicted octanol–water partition coefficient (Wildman–Crippen LogP) is 4.05. The molecule has 6 nitrogen and oxygen atoms in total. The van der Waals surface area contributed by atoms with Crippen molar-refractivity contribution in [3.8, 4) is 5.75 Å². The molecule has 2 fully saturated rings. The smallest absolute Gasteiger partial charge is 0.324 e. The summed E-state index contributed by atoms with van der Waals surface area (Å²) in [7, 11) is 0.